The number of carbonyl (C=O) groups excluding carboxylic acids is 2. The number of hydrogen-bond donors (Lipinski definition) is 0. The topological polar surface area (TPSA) is 61.8 Å². The number of thioether (sulfide) groups is 1. The number of ether oxygens (including phenoxy) is 3. The molecule has 2 atom stereocenters. The molecule has 0 aromatic carbocycles. The van der Waals surface area contributed by atoms with Gasteiger partial charge in [0.15, 0.2) is 5.44 Å². The molecule has 0 rings (SSSR count). The first-order chi connectivity index (χ1) is 9.56. The van der Waals surface area contributed by atoms with Crippen LogP contribution in [-0.2, 0) is 23.8 Å². The molecule has 0 aromatic rings. The highest BCUT2D eigenvalue weighted by molar-refractivity contribution is 8.22. The van der Waals surface area contributed by atoms with E-state index < -0.39 is 36.1 Å². The van der Waals surface area contributed by atoms with Crippen LogP contribution >= 0.6 is 24.0 Å². The van der Waals surface area contributed by atoms with Crippen LogP contribution < -0.4 is 0 Å². The van der Waals surface area contributed by atoms with Gasteiger partial charge in [0.1, 0.15) is 0 Å². The fourth-order valence-electron chi connectivity index (χ4n) is 1.19. The summed E-state index contributed by atoms with van der Waals surface area (Å²) >= 11 is 5.42. The first-order valence-corrected chi connectivity index (χ1v) is 7.09. The zero-order valence-corrected chi connectivity index (χ0v) is 13.2. The Bertz CT molecular complexity index is 387. The first kappa shape index (κ1) is 23.2. The summed E-state index contributed by atoms with van der Waals surface area (Å²) in [5.41, 5.74) is -1.27. The summed E-state index contributed by atoms with van der Waals surface area (Å²) in [5.74, 6) is -1.87. The molecular formula is C12H19F3O5S2. The molecule has 0 aliphatic rings. The fraction of sp³-hybridized carbons (Fsp3) is 0.750. The van der Waals surface area contributed by atoms with Gasteiger partial charge in [-0.25, -0.2) is 0 Å². The molecule has 0 aliphatic heterocycles. The van der Waals surface area contributed by atoms with Crippen molar-refractivity contribution in [2.24, 2.45) is 0 Å². The third kappa shape index (κ3) is 10.7. The number of hydrogen-bond acceptors (Lipinski definition) is 7. The van der Waals surface area contributed by atoms with Crippen molar-refractivity contribution < 1.29 is 37.0 Å². The van der Waals surface area contributed by atoms with Gasteiger partial charge >= 0.3 is 18.1 Å². The Labute approximate surface area is 136 Å². The van der Waals surface area contributed by atoms with Crippen LogP contribution in [0.5, 0.6) is 0 Å². The van der Waals surface area contributed by atoms with E-state index in [1.807, 2.05) is 0 Å². The lowest BCUT2D eigenvalue weighted by atomic mass is 10.2. The Morgan fingerprint density at radius 2 is 1.68 bits per heavy atom. The number of carbonyl (C=O) groups is 2. The normalized spacial score (nSPS) is 13.4. The van der Waals surface area contributed by atoms with Crippen molar-refractivity contribution in [3.63, 3.8) is 0 Å². The Morgan fingerprint density at radius 1 is 1.18 bits per heavy atom. The molecule has 0 spiro atoms. The van der Waals surface area contributed by atoms with Crippen LogP contribution in [0.3, 0.4) is 0 Å². The molecule has 10 heteroatoms. The van der Waals surface area contributed by atoms with Crippen molar-refractivity contribution in [2.45, 2.75) is 52.3 Å². The Hall–Kier alpha value is -1.03. The molecule has 130 valence electrons. The van der Waals surface area contributed by atoms with E-state index >= 15 is 0 Å². The average Bonchev–Trinajstić information content (AvgIpc) is 2.25. The SMILES string of the molecule is C.CCOC(=S)SC(CC(OC(C)=O)C(F)(F)F)OC(C)=O. The maximum Gasteiger partial charge on any atom is 0.425 e. The Balaban J connectivity index is 0. The van der Waals surface area contributed by atoms with Crippen molar-refractivity contribution in [2.75, 3.05) is 6.61 Å². The first-order valence-electron chi connectivity index (χ1n) is 5.80. The summed E-state index contributed by atoms with van der Waals surface area (Å²) in [5, 5.41) is 0. The van der Waals surface area contributed by atoms with Crippen LogP contribution in [0, 0.1) is 0 Å². The second-order valence-corrected chi connectivity index (χ2v) is 5.48. The lowest BCUT2D eigenvalue weighted by molar-refractivity contribution is -0.224. The van der Waals surface area contributed by atoms with Gasteiger partial charge in [-0.05, 0) is 30.9 Å². The molecule has 0 saturated heterocycles. The maximum absolute atomic E-state index is 12.8. The fourth-order valence-corrected chi connectivity index (χ4v) is 2.48. The smallest absolute Gasteiger partial charge is 0.425 e. The van der Waals surface area contributed by atoms with E-state index in [1.165, 1.54) is 0 Å². The Morgan fingerprint density at radius 3 is 2.05 bits per heavy atom. The highest BCUT2D eigenvalue weighted by Gasteiger charge is 2.44. The predicted molar refractivity (Wildman–Crippen MR) is 80.3 cm³/mol. The molecule has 22 heavy (non-hydrogen) atoms. The molecule has 5 nitrogen and oxygen atoms in total. The zero-order valence-electron chi connectivity index (χ0n) is 11.6. The zero-order chi connectivity index (χ0) is 16.6. The van der Waals surface area contributed by atoms with Crippen molar-refractivity contribution in [3.05, 3.63) is 0 Å². The largest absolute Gasteiger partial charge is 0.479 e. The molecule has 2 unspecified atom stereocenters. The van der Waals surface area contributed by atoms with E-state index in [-0.39, 0.29) is 18.4 Å². The van der Waals surface area contributed by atoms with Gasteiger partial charge in [0.25, 0.3) is 0 Å². The maximum atomic E-state index is 12.8. The van der Waals surface area contributed by atoms with Crippen LogP contribution in [0.1, 0.15) is 34.6 Å². The van der Waals surface area contributed by atoms with Gasteiger partial charge in [-0.15, -0.1) is 0 Å². The van der Waals surface area contributed by atoms with E-state index in [4.69, 9.17) is 21.7 Å². The summed E-state index contributed by atoms with van der Waals surface area (Å²) in [6.07, 6.45) is -7.95. The lowest BCUT2D eigenvalue weighted by Crippen LogP contribution is -2.37. The molecule has 0 saturated carbocycles. The van der Waals surface area contributed by atoms with E-state index in [0.29, 0.717) is 11.8 Å². The van der Waals surface area contributed by atoms with E-state index in [2.05, 4.69) is 4.74 Å². The van der Waals surface area contributed by atoms with Crippen molar-refractivity contribution >= 4 is 40.3 Å². The van der Waals surface area contributed by atoms with Crippen molar-refractivity contribution in [1.29, 1.82) is 0 Å². The molecule has 0 heterocycles. The van der Waals surface area contributed by atoms with Crippen LogP contribution in [0.4, 0.5) is 13.2 Å². The van der Waals surface area contributed by atoms with Crippen molar-refractivity contribution in [3.8, 4) is 0 Å². The highest BCUT2D eigenvalue weighted by Crippen LogP contribution is 2.31. The quantitative estimate of drug-likeness (QED) is 0.406. The molecule has 0 fully saturated rings. The summed E-state index contributed by atoms with van der Waals surface area (Å²) in [6, 6.07) is 0. The summed E-state index contributed by atoms with van der Waals surface area (Å²) in [4.78, 5) is 21.7. The van der Waals surface area contributed by atoms with Gasteiger partial charge in [-0.3, -0.25) is 9.59 Å². The van der Waals surface area contributed by atoms with E-state index in [1.54, 1.807) is 6.92 Å². The predicted octanol–water partition coefficient (Wildman–Crippen LogP) is 3.45. The van der Waals surface area contributed by atoms with Gasteiger partial charge in [-0.2, -0.15) is 13.2 Å². The van der Waals surface area contributed by atoms with Crippen molar-refractivity contribution in [1.82, 2.24) is 0 Å². The minimum absolute atomic E-state index is 0. The minimum Gasteiger partial charge on any atom is -0.479 e. The lowest BCUT2D eigenvalue weighted by Gasteiger charge is -2.24. The monoisotopic (exact) mass is 364 g/mol. The number of thiocarbonyl (C=S) groups is 1. The van der Waals surface area contributed by atoms with E-state index in [0.717, 1.165) is 13.8 Å². The third-order valence-electron chi connectivity index (χ3n) is 1.87. The molecular weight excluding hydrogens is 345 g/mol. The van der Waals surface area contributed by atoms with Gasteiger partial charge in [0.2, 0.25) is 10.5 Å². The highest BCUT2D eigenvalue weighted by atomic mass is 32.2. The molecule has 0 aliphatic carbocycles. The Kier molecular flexibility index (Phi) is 11.3. The van der Waals surface area contributed by atoms with Crippen LogP contribution in [0.2, 0.25) is 0 Å². The number of halogens is 3. The number of alkyl halides is 3. The van der Waals surface area contributed by atoms with Crippen LogP contribution in [-0.4, -0.2) is 40.6 Å². The molecule has 0 N–H and O–H groups in total. The summed E-state index contributed by atoms with van der Waals surface area (Å²) in [7, 11) is 0. The standard InChI is InChI=1S/C11H15F3O5S2.CH4/c1-4-17-10(20)21-9(19-7(3)16)5-8(11(12,13)14)18-6(2)15;/h8-9H,4-5H2,1-3H3;1H4. The molecule has 0 amide bonds. The second kappa shape index (κ2) is 10.7. The van der Waals surface area contributed by atoms with Gasteiger partial charge < -0.3 is 14.2 Å². The van der Waals surface area contributed by atoms with Gasteiger partial charge in [0, 0.05) is 20.3 Å². The molecule has 0 radical (unpaired) electrons. The van der Waals surface area contributed by atoms with Crippen LogP contribution in [0.15, 0.2) is 0 Å². The second-order valence-electron chi connectivity index (χ2n) is 3.72. The number of rotatable bonds is 6. The molecule has 0 aromatic heterocycles. The summed E-state index contributed by atoms with van der Waals surface area (Å²) < 4.78 is 52.1. The van der Waals surface area contributed by atoms with E-state index in [9.17, 15) is 22.8 Å². The summed E-state index contributed by atoms with van der Waals surface area (Å²) in [6.45, 7) is 3.78. The van der Waals surface area contributed by atoms with Crippen LogP contribution in [0.25, 0.3) is 0 Å². The van der Waals surface area contributed by atoms with Gasteiger partial charge in [0.05, 0.1) is 6.61 Å². The minimum atomic E-state index is -4.78. The van der Waals surface area contributed by atoms with Gasteiger partial charge in [-0.1, -0.05) is 7.43 Å². The third-order valence-corrected chi connectivity index (χ3v) is 3.14. The number of esters is 2. The molecule has 0 bridgehead atoms. The average molecular weight is 364 g/mol.